The predicted octanol–water partition coefficient (Wildman–Crippen LogP) is 4.39. The van der Waals surface area contributed by atoms with E-state index in [1.807, 2.05) is 6.92 Å². The zero-order valence-corrected chi connectivity index (χ0v) is 16.6. The Morgan fingerprint density at radius 1 is 1.32 bits per heavy atom. The third-order valence-corrected chi connectivity index (χ3v) is 4.76. The van der Waals surface area contributed by atoms with E-state index in [9.17, 15) is 13.6 Å². The summed E-state index contributed by atoms with van der Waals surface area (Å²) >= 11 is 5.78. The molecule has 0 N–H and O–H groups in total. The Balaban J connectivity index is 2.26. The van der Waals surface area contributed by atoms with Gasteiger partial charge in [0.05, 0.1) is 29.6 Å². The molecule has 3 rings (SSSR count). The minimum Gasteiger partial charge on any atom is -0.478 e. The van der Waals surface area contributed by atoms with Crippen LogP contribution in [0.1, 0.15) is 24.5 Å². The molecule has 0 atom stereocenters. The van der Waals surface area contributed by atoms with E-state index in [-0.39, 0.29) is 16.3 Å². The first-order chi connectivity index (χ1) is 13.2. The Morgan fingerprint density at radius 3 is 2.68 bits per heavy atom. The lowest BCUT2D eigenvalue weighted by Crippen LogP contribution is -2.21. The molecule has 0 aliphatic heterocycles. The number of hydrogen-bond acceptors (Lipinski definition) is 5. The summed E-state index contributed by atoms with van der Waals surface area (Å²) in [5.41, 5.74) is 1.04. The van der Waals surface area contributed by atoms with Crippen LogP contribution in [-0.4, -0.2) is 28.2 Å². The largest absolute Gasteiger partial charge is 0.478 e. The average molecular weight is 409 g/mol. The van der Waals surface area contributed by atoms with Gasteiger partial charge in [-0.05, 0) is 26.0 Å². The van der Waals surface area contributed by atoms with Gasteiger partial charge in [0, 0.05) is 31.1 Å². The number of hydrogen-bond donors (Lipinski definition) is 0. The van der Waals surface area contributed by atoms with E-state index in [0.29, 0.717) is 40.5 Å². The Morgan fingerprint density at radius 2 is 2.04 bits per heavy atom. The standard InChI is InChI=1S/C19H19ClF2N4O2/c1-5-28-15-8-14-12(6-10(2)19(27)26(14)4)18(24-15)25(3)11-7-13(17(21)22)16(20)23-9-11/h6-9,17H,5H2,1-4H3. The number of nitrogens with zero attached hydrogens (tertiary/aromatic N) is 4. The van der Waals surface area contributed by atoms with E-state index >= 15 is 0 Å². The first-order valence-electron chi connectivity index (χ1n) is 8.56. The van der Waals surface area contributed by atoms with Crippen LogP contribution in [0.4, 0.5) is 20.3 Å². The molecule has 0 amide bonds. The lowest BCUT2D eigenvalue weighted by atomic mass is 10.1. The van der Waals surface area contributed by atoms with Crippen LogP contribution >= 0.6 is 11.6 Å². The maximum Gasteiger partial charge on any atom is 0.266 e. The Hall–Kier alpha value is -2.74. The molecule has 3 heterocycles. The van der Waals surface area contributed by atoms with E-state index in [2.05, 4.69) is 9.97 Å². The number of pyridine rings is 3. The molecule has 0 spiro atoms. The van der Waals surface area contributed by atoms with Gasteiger partial charge in [0.1, 0.15) is 11.0 Å². The number of aryl methyl sites for hydroxylation is 2. The molecule has 0 aliphatic carbocycles. The van der Waals surface area contributed by atoms with Gasteiger partial charge in [-0.1, -0.05) is 11.6 Å². The Bertz CT molecular complexity index is 1100. The summed E-state index contributed by atoms with van der Waals surface area (Å²) in [5, 5.41) is 0.436. The third kappa shape index (κ3) is 3.52. The monoisotopic (exact) mass is 408 g/mol. The van der Waals surface area contributed by atoms with Crippen molar-refractivity contribution in [3.05, 3.63) is 51.0 Å². The van der Waals surface area contributed by atoms with E-state index in [1.165, 1.54) is 16.8 Å². The van der Waals surface area contributed by atoms with Crippen LogP contribution < -0.4 is 15.2 Å². The number of halogens is 3. The molecule has 3 aromatic rings. The highest BCUT2D eigenvalue weighted by Gasteiger charge is 2.19. The smallest absolute Gasteiger partial charge is 0.266 e. The van der Waals surface area contributed by atoms with E-state index in [1.54, 1.807) is 38.1 Å². The summed E-state index contributed by atoms with van der Waals surface area (Å²) in [4.78, 5) is 22.3. The number of anilines is 2. The zero-order chi connectivity index (χ0) is 20.6. The highest BCUT2D eigenvalue weighted by Crippen LogP contribution is 2.34. The molecule has 0 fully saturated rings. The summed E-state index contributed by atoms with van der Waals surface area (Å²) in [6.07, 6.45) is -1.36. The molecular weight excluding hydrogens is 390 g/mol. The fourth-order valence-corrected chi connectivity index (χ4v) is 3.15. The summed E-state index contributed by atoms with van der Waals surface area (Å²) in [5.74, 6) is 0.774. The van der Waals surface area contributed by atoms with Crippen LogP contribution in [0.2, 0.25) is 5.15 Å². The third-order valence-electron chi connectivity index (χ3n) is 4.44. The van der Waals surface area contributed by atoms with Crippen LogP contribution in [0.25, 0.3) is 10.9 Å². The molecule has 0 bridgehead atoms. The molecule has 9 heteroatoms. The number of rotatable bonds is 5. The van der Waals surface area contributed by atoms with E-state index in [0.717, 1.165) is 0 Å². The van der Waals surface area contributed by atoms with Crippen molar-refractivity contribution in [1.82, 2.24) is 14.5 Å². The predicted molar refractivity (Wildman–Crippen MR) is 105 cm³/mol. The normalized spacial score (nSPS) is 11.3. The lowest BCUT2D eigenvalue weighted by Gasteiger charge is -2.22. The highest BCUT2D eigenvalue weighted by molar-refractivity contribution is 6.30. The van der Waals surface area contributed by atoms with Crippen LogP contribution in [-0.2, 0) is 7.05 Å². The van der Waals surface area contributed by atoms with Crippen molar-refractivity contribution in [2.75, 3.05) is 18.6 Å². The van der Waals surface area contributed by atoms with Gasteiger partial charge < -0.3 is 14.2 Å². The van der Waals surface area contributed by atoms with Crippen molar-refractivity contribution in [2.45, 2.75) is 20.3 Å². The van der Waals surface area contributed by atoms with Crippen LogP contribution in [0.3, 0.4) is 0 Å². The second-order valence-electron chi connectivity index (χ2n) is 6.27. The van der Waals surface area contributed by atoms with Gasteiger partial charge in [-0.2, -0.15) is 4.98 Å². The Labute approximate surface area is 165 Å². The fraction of sp³-hybridized carbons (Fsp3) is 0.316. The molecule has 28 heavy (non-hydrogen) atoms. The van der Waals surface area contributed by atoms with Crippen molar-refractivity contribution < 1.29 is 13.5 Å². The van der Waals surface area contributed by atoms with Crippen molar-refractivity contribution in [1.29, 1.82) is 0 Å². The first-order valence-corrected chi connectivity index (χ1v) is 8.93. The maximum absolute atomic E-state index is 13.2. The van der Waals surface area contributed by atoms with Gasteiger partial charge >= 0.3 is 0 Å². The van der Waals surface area contributed by atoms with Gasteiger partial charge in [0.25, 0.3) is 12.0 Å². The quantitative estimate of drug-likeness (QED) is 0.586. The van der Waals surface area contributed by atoms with Crippen LogP contribution in [0, 0.1) is 6.92 Å². The fourth-order valence-electron chi connectivity index (χ4n) is 2.96. The second-order valence-corrected chi connectivity index (χ2v) is 6.63. The molecule has 0 aliphatic rings. The SMILES string of the molecule is CCOc1cc2c(cc(C)c(=O)n2C)c(N(C)c2cnc(Cl)c(C(F)F)c2)n1. The minimum atomic E-state index is -2.75. The van der Waals surface area contributed by atoms with Gasteiger partial charge in [-0.3, -0.25) is 4.79 Å². The molecule has 0 radical (unpaired) electrons. The second kappa shape index (κ2) is 7.71. The molecular formula is C19H19ClF2N4O2. The number of fused-ring (bicyclic) bond motifs is 1. The van der Waals surface area contributed by atoms with E-state index in [4.69, 9.17) is 16.3 Å². The minimum absolute atomic E-state index is 0.136. The zero-order valence-electron chi connectivity index (χ0n) is 15.8. The van der Waals surface area contributed by atoms with Crippen LogP contribution in [0.5, 0.6) is 5.88 Å². The van der Waals surface area contributed by atoms with Gasteiger partial charge in [-0.25, -0.2) is 13.8 Å². The van der Waals surface area contributed by atoms with E-state index < -0.39 is 6.43 Å². The van der Waals surface area contributed by atoms with Crippen LogP contribution in [0.15, 0.2) is 29.2 Å². The molecule has 6 nitrogen and oxygen atoms in total. The van der Waals surface area contributed by atoms with Gasteiger partial charge in [0.2, 0.25) is 5.88 Å². The van der Waals surface area contributed by atoms with Gasteiger partial charge in [0.15, 0.2) is 0 Å². The molecule has 148 valence electrons. The van der Waals surface area contributed by atoms with Crippen molar-refractivity contribution >= 4 is 34.0 Å². The van der Waals surface area contributed by atoms with Crippen molar-refractivity contribution in [3.63, 3.8) is 0 Å². The topological polar surface area (TPSA) is 60.2 Å². The molecule has 0 aromatic carbocycles. The van der Waals surface area contributed by atoms with Crippen molar-refractivity contribution in [2.24, 2.45) is 7.05 Å². The number of aromatic nitrogens is 3. The summed E-state index contributed by atoms with van der Waals surface area (Å²) < 4.78 is 33.5. The number of alkyl halides is 2. The van der Waals surface area contributed by atoms with Gasteiger partial charge in [-0.15, -0.1) is 0 Å². The molecule has 0 saturated carbocycles. The average Bonchev–Trinajstić information content (AvgIpc) is 2.66. The Kier molecular flexibility index (Phi) is 5.51. The first kappa shape index (κ1) is 20.0. The summed E-state index contributed by atoms with van der Waals surface area (Å²) in [6.45, 7) is 3.92. The summed E-state index contributed by atoms with van der Waals surface area (Å²) in [6, 6.07) is 4.68. The lowest BCUT2D eigenvalue weighted by molar-refractivity contribution is 0.151. The van der Waals surface area contributed by atoms with Crippen molar-refractivity contribution in [3.8, 4) is 5.88 Å². The highest BCUT2D eigenvalue weighted by atomic mass is 35.5. The molecule has 3 aromatic heterocycles. The summed E-state index contributed by atoms with van der Waals surface area (Å²) in [7, 11) is 3.34. The molecule has 0 saturated heterocycles. The molecule has 0 unspecified atom stereocenters. The number of ether oxygens (including phenoxy) is 1. The maximum atomic E-state index is 13.2.